The van der Waals surface area contributed by atoms with Crippen molar-refractivity contribution in [3.8, 4) is 10.4 Å². The van der Waals surface area contributed by atoms with E-state index in [2.05, 4.69) is 10.6 Å². The SMILES string of the molecule is COC(=O)c1cc(-c2ccccc2)sc1NC(=S)Nc1ccc(C)cc1. The summed E-state index contributed by atoms with van der Waals surface area (Å²) in [6.45, 7) is 2.03. The number of nitrogens with one attached hydrogen (secondary N) is 2. The molecule has 0 aliphatic heterocycles. The Bertz CT molecular complexity index is 919. The van der Waals surface area contributed by atoms with Crippen molar-refractivity contribution in [2.75, 3.05) is 17.7 Å². The van der Waals surface area contributed by atoms with Crippen LogP contribution in [0, 0.1) is 6.92 Å². The standard InChI is InChI=1S/C20H18N2O2S2/c1-13-8-10-15(11-9-13)21-20(25)22-18-16(19(23)24-2)12-17(26-18)14-6-4-3-5-7-14/h3-12H,1-2H3,(H2,21,22,25). The highest BCUT2D eigenvalue weighted by Crippen LogP contribution is 2.36. The average Bonchev–Trinajstić information content (AvgIpc) is 3.07. The van der Waals surface area contributed by atoms with Gasteiger partial charge in [-0.15, -0.1) is 11.3 Å². The molecule has 2 aromatic carbocycles. The minimum absolute atomic E-state index is 0.399. The highest BCUT2D eigenvalue weighted by molar-refractivity contribution is 7.80. The Hall–Kier alpha value is -2.70. The molecule has 132 valence electrons. The molecule has 26 heavy (non-hydrogen) atoms. The van der Waals surface area contributed by atoms with Crippen LogP contribution >= 0.6 is 23.6 Å². The van der Waals surface area contributed by atoms with Crippen LogP contribution in [0.1, 0.15) is 15.9 Å². The number of esters is 1. The molecule has 3 aromatic rings. The van der Waals surface area contributed by atoms with Crippen LogP contribution in [0.2, 0.25) is 0 Å². The number of rotatable bonds is 4. The third-order valence-corrected chi connectivity index (χ3v) is 5.04. The van der Waals surface area contributed by atoms with Gasteiger partial charge in [0.05, 0.1) is 12.7 Å². The van der Waals surface area contributed by atoms with Gasteiger partial charge in [0.15, 0.2) is 5.11 Å². The molecule has 0 aliphatic rings. The summed E-state index contributed by atoms with van der Waals surface area (Å²) in [5.41, 5.74) is 3.55. The molecule has 1 aromatic heterocycles. The molecular weight excluding hydrogens is 364 g/mol. The number of aryl methyl sites for hydroxylation is 1. The van der Waals surface area contributed by atoms with Gasteiger partial charge in [0.25, 0.3) is 0 Å². The number of thiocarbonyl (C=S) groups is 1. The molecule has 0 radical (unpaired) electrons. The van der Waals surface area contributed by atoms with E-state index >= 15 is 0 Å². The predicted octanol–water partition coefficient (Wildman–Crippen LogP) is 5.32. The maximum absolute atomic E-state index is 12.1. The largest absolute Gasteiger partial charge is 0.465 e. The molecule has 0 saturated heterocycles. The van der Waals surface area contributed by atoms with Gasteiger partial charge < -0.3 is 15.4 Å². The van der Waals surface area contributed by atoms with Crippen molar-refractivity contribution in [1.29, 1.82) is 0 Å². The number of hydrogen-bond acceptors (Lipinski definition) is 4. The first kappa shape index (κ1) is 18.1. The van der Waals surface area contributed by atoms with Gasteiger partial charge in [-0.3, -0.25) is 0 Å². The molecule has 3 rings (SSSR count). The molecule has 0 atom stereocenters. The first-order valence-electron chi connectivity index (χ1n) is 7.99. The number of benzene rings is 2. The molecule has 2 N–H and O–H groups in total. The summed E-state index contributed by atoms with van der Waals surface area (Å²) in [6, 6.07) is 19.6. The zero-order chi connectivity index (χ0) is 18.5. The zero-order valence-corrected chi connectivity index (χ0v) is 16.0. The Labute approximate surface area is 161 Å². The molecule has 0 bridgehead atoms. The van der Waals surface area contributed by atoms with Crippen LogP contribution < -0.4 is 10.6 Å². The molecular formula is C20H18N2O2S2. The average molecular weight is 383 g/mol. The lowest BCUT2D eigenvalue weighted by molar-refractivity contribution is 0.0602. The van der Waals surface area contributed by atoms with E-state index in [0.29, 0.717) is 15.7 Å². The molecule has 0 unspecified atom stereocenters. The summed E-state index contributed by atoms with van der Waals surface area (Å²) in [4.78, 5) is 13.1. The van der Waals surface area contributed by atoms with E-state index in [9.17, 15) is 4.79 Å². The Kier molecular flexibility index (Phi) is 5.65. The maximum atomic E-state index is 12.1. The lowest BCUT2D eigenvalue weighted by Gasteiger charge is -2.10. The summed E-state index contributed by atoms with van der Waals surface area (Å²) in [5, 5.41) is 7.31. The molecule has 0 saturated carbocycles. The molecule has 0 aliphatic carbocycles. The van der Waals surface area contributed by atoms with Crippen LogP contribution in [0.15, 0.2) is 60.7 Å². The Morgan fingerprint density at radius 1 is 1.04 bits per heavy atom. The zero-order valence-electron chi connectivity index (χ0n) is 14.4. The minimum Gasteiger partial charge on any atom is -0.465 e. The van der Waals surface area contributed by atoms with Crippen molar-refractivity contribution < 1.29 is 9.53 Å². The molecule has 0 fully saturated rings. The summed E-state index contributed by atoms with van der Waals surface area (Å²) < 4.78 is 4.90. The lowest BCUT2D eigenvalue weighted by Crippen LogP contribution is -2.19. The Morgan fingerprint density at radius 2 is 1.73 bits per heavy atom. The first-order chi connectivity index (χ1) is 12.6. The number of methoxy groups -OCH3 is 1. The normalized spacial score (nSPS) is 10.2. The fraction of sp³-hybridized carbons (Fsp3) is 0.100. The van der Waals surface area contributed by atoms with Gasteiger partial charge in [0.1, 0.15) is 5.00 Å². The highest BCUT2D eigenvalue weighted by Gasteiger charge is 2.18. The fourth-order valence-electron chi connectivity index (χ4n) is 2.39. The van der Waals surface area contributed by atoms with Crippen molar-refractivity contribution in [2.24, 2.45) is 0 Å². The molecule has 4 nitrogen and oxygen atoms in total. The van der Waals surface area contributed by atoms with Crippen LogP contribution in [0.25, 0.3) is 10.4 Å². The fourth-order valence-corrected chi connectivity index (χ4v) is 3.73. The van der Waals surface area contributed by atoms with E-state index in [0.717, 1.165) is 16.1 Å². The second kappa shape index (κ2) is 8.12. The van der Waals surface area contributed by atoms with Crippen LogP contribution in [-0.4, -0.2) is 18.2 Å². The lowest BCUT2D eigenvalue weighted by atomic mass is 10.1. The molecule has 0 amide bonds. The van der Waals surface area contributed by atoms with E-state index in [4.69, 9.17) is 17.0 Å². The van der Waals surface area contributed by atoms with Crippen molar-refractivity contribution in [1.82, 2.24) is 0 Å². The maximum Gasteiger partial charge on any atom is 0.340 e. The summed E-state index contributed by atoms with van der Waals surface area (Å²) in [6.07, 6.45) is 0. The van der Waals surface area contributed by atoms with E-state index in [1.807, 2.05) is 67.6 Å². The monoisotopic (exact) mass is 382 g/mol. The van der Waals surface area contributed by atoms with E-state index in [1.165, 1.54) is 24.0 Å². The number of thiophene rings is 1. The van der Waals surface area contributed by atoms with Gasteiger partial charge in [-0.25, -0.2) is 4.79 Å². The molecule has 0 spiro atoms. The van der Waals surface area contributed by atoms with Crippen molar-refractivity contribution >= 4 is 45.3 Å². The third kappa shape index (κ3) is 4.28. The van der Waals surface area contributed by atoms with Gasteiger partial charge in [0.2, 0.25) is 0 Å². The summed E-state index contributed by atoms with van der Waals surface area (Å²) in [5.74, 6) is -0.399. The molecule has 1 heterocycles. The van der Waals surface area contributed by atoms with Gasteiger partial charge in [-0.2, -0.15) is 0 Å². The second-order valence-corrected chi connectivity index (χ2v) is 7.12. The predicted molar refractivity (Wildman–Crippen MR) is 112 cm³/mol. The van der Waals surface area contributed by atoms with Crippen LogP contribution in [0.5, 0.6) is 0 Å². The van der Waals surface area contributed by atoms with Crippen molar-refractivity contribution in [3.63, 3.8) is 0 Å². The smallest absolute Gasteiger partial charge is 0.340 e. The number of carbonyl (C=O) groups is 1. The van der Waals surface area contributed by atoms with E-state index in [-0.39, 0.29) is 0 Å². The Balaban J connectivity index is 1.83. The van der Waals surface area contributed by atoms with Gasteiger partial charge in [0, 0.05) is 10.6 Å². The van der Waals surface area contributed by atoms with E-state index in [1.54, 1.807) is 0 Å². The minimum atomic E-state index is -0.399. The number of ether oxygens (including phenoxy) is 1. The number of hydrogen-bond donors (Lipinski definition) is 2. The van der Waals surface area contributed by atoms with E-state index < -0.39 is 5.97 Å². The number of anilines is 2. The second-order valence-electron chi connectivity index (χ2n) is 5.66. The Morgan fingerprint density at radius 3 is 2.38 bits per heavy atom. The third-order valence-electron chi connectivity index (χ3n) is 3.73. The molecule has 6 heteroatoms. The van der Waals surface area contributed by atoms with Crippen LogP contribution in [0.4, 0.5) is 10.7 Å². The van der Waals surface area contributed by atoms with Gasteiger partial charge in [-0.1, -0.05) is 48.0 Å². The van der Waals surface area contributed by atoms with Crippen molar-refractivity contribution in [3.05, 3.63) is 71.8 Å². The van der Waals surface area contributed by atoms with Crippen LogP contribution in [-0.2, 0) is 4.74 Å². The first-order valence-corrected chi connectivity index (χ1v) is 9.21. The summed E-state index contributed by atoms with van der Waals surface area (Å²) >= 11 is 6.85. The quantitative estimate of drug-likeness (QED) is 0.472. The highest BCUT2D eigenvalue weighted by atomic mass is 32.1. The summed E-state index contributed by atoms with van der Waals surface area (Å²) in [7, 11) is 1.37. The van der Waals surface area contributed by atoms with Crippen molar-refractivity contribution in [2.45, 2.75) is 6.92 Å². The van der Waals surface area contributed by atoms with Crippen LogP contribution in [0.3, 0.4) is 0 Å². The van der Waals surface area contributed by atoms with Gasteiger partial charge in [-0.05, 0) is 42.9 Å². The van der Waals surface area contributed by atoms with Gasteiger partial charge >= 0.3 is 5.97 Å². The number of carbonyl (C=O) groups excluding carboxylic acids is 1. The topological polar surface area (TPSA) is 50.4 Å².